The van der Waals surface area contributed by atoms with Crippen LogP contribution in [0.15, 0.2) is 54.7 Å². The zero-order valence-electron chi connectivity index (χ0n) is 23.3. The molecule has 208 valence electrons. The molecule has 5 rings (SSSR count). The minimum atomic E-state index is -0.363. The lowest BCUT2D eigenvalue weighted by Gasteiger charge is -2.36. The number of piperazine rings is 1. The summed E-state index contributed by atoms with van der Waals surface area (Å²) in [5, 5.41) is 2.95. The summed E-state index contributed by atoms with van der Waals surface area (Å²) in [4.78, 5) is 49.9. The number of aromatic nitrogens is 1. The fourth-order valence-corrected chi connectivity index (χ4v) is 5.39. The van der Waals surface area contributed by atoms with Gasteiger partial charge in [-0.3, -0.25) is 14.4 Å². The van der Waals surface area contributed by atoms with Crippen LogP contribution in [0.2, 0.25) is 0 Å². The average Bonchev–Trinajstić information content (AvgIpc) is 3.41. The third-order valence-electron chi connectivity index (χ3n) is 7.50. The van der Waals surface area contributed by atoms with Crippen LogP contribution in [0.5, 0.6) is 5.75 Å². The van der Waals surface area contributed by atoms with Gasteiger partial charge in [0.2, 0.25) is 5.91 Å². The first-order valence-corrected chi connectivity index (χ1v) is 13.7. The number of nitrogens with one attached hydrogen (secondary N) is 1. The summed E-state index contributed by atoms with van der Waals surface area (Å²) in [6, 6.07) is 14.7. The second-order valence-corrected chi connectivity index (χ2v) is 10.3. The average molecular weight is 542 g/mol. The molecule has 0 bridgehead atoms. The first kappa shape index (κ1) is 27.2. The van der Waals surface area contributed by atoms with Crippen LogP contribution in [-0.4, -0.2) is 67.4 Å². The molecule has 2 aliphatic rings. The van der Waals surface area contributed by atoms with Gasteiger partial charge in [-0.1, -0.05) is 18.2 Å². The molecule has 0 aliphatic carbocycles. The highest BCUT2D eigenvalue weighted by atomic mass is 16.5. The second kappa shape index (κ2) is 11.8. The van der Waals surface area contributed by atoms with E-state index in [4.69, 9.17) is 4.74 Å². The molecule has 0 unspecified atom stereocenters. The molecule has 2 fully saturated rings. The van der Waals surface area contributed by atoms with Crippen LogP contribution in [0, 0.1) is 13.8 Å². The summed E-state index contributed by atoms with van der Waals surface area (Å²) in [7, 11) is 1.60. The molecule has 9 heteroatoms. The summed E-state index contributed by atoms with van der Waals surface area (Å²) in [6.07, 6.45) is 3.12. The van der Waals surface area contributed by atoms with Crippen LogP contribution in [0.3, 0.4) is 0 Å². The molecule has 0 radical (unpaired) electrons. The van der Waals surface area contributed by atoms with Crippen molar-refractivity contribution in [2.75, 3.05) is 49.6 Å². The molecule has 0 saturated carbocycles. The Balaban J connectivity index is 1.35. The van der Waals surface area contributed by atoms with Crippen molar-refractivity contribution < 1.29 is 19.1 Å². The molecule has 3 amide bonds. The van der Waals surface area contributed by atoms with Gasteiger partial charge in [0, 0.05) is 57.6 Å². The van der Waals surface area contributed by atoms with E-state index in [-0.39, 0.29) is 29.8 Å². The van der Waals surface area contributed by atoms with Gasteiger partial charge in [-0.05, 0) is 67.3 Å². The lowest BCUT2D eigenvalue weighted by Crippen LogP contribution is -2.49. The predicted molar refractivity (Wildman–Crippen MR) is 154 cm³/mol. The molecule has 2 aliphatic heterocycles. The van der Waals surface area contributed by atoms with Gasteiger partial charge in [0.15, 0.2) is 0 Å². The van der Waals surface area contributed by atoms with Crippen molar-refractivity contribution in [3.63, 3.8) is 0 Å². The number of aryl methyl sites for hydroxylation is 2. The molecule has 2 aromatic carbocycles. The van der Waals surface area contributed by atoms with Crippen molar-refractivity contribution >= 4 is 29.2 Å². The number of ether oxygens (including phenoxy) is 1. The molecule has 9 nitrogen and oxygen atoms in total. The fourth-order valence-electron chi connectivity index (χ4n) is 5.39. The van der Waals surface area contributed by atoms with Crippen LogP contribution in [0.25, 0.3) is 0 Å². The minimum Gasteiger partial charge on any atom is -0.497 e. The maximum Gasteiger partial charge on any atom is 0.254 e. The molecular weight excluding hydrogens is 506 g/mol. The number of anilines is 2. The standard InChI is InChI=1S/C31H35N5O4/c1-21-16-22(2)29(32-19-21)34-12-14-35(15-13-34)31(39)26-10-9-24(36-11-5-8-28(36)37)18-27(26)30(38)33-20-23-6-4-7-25(17-23)40-3/h4,6-7,9-10,16-19H,5,8,11-15,20H2,1-3H3,(H,33,38). The van der Waals surface area contributed by atoms with E-state index in [9.17, 15) is 14.4 Å². The Kier molecular flexibility index (Phi) is 8.00. The summed E-state index contributed by atoms with van der Waals surface area (Å²) < 4.78 is 5.29. The zero-order valence-corrected chi connectivity index (χ0v) is 23.3. The Bertz CT molecular complexity index is 1430. The van der Waals surface area contributed by atoms with Crippen molar-refractivity contribution in [3.8, 4) is 5.75 Å². The number of pyridine rings is 1. The van der Waals surface area contributed by atoms with Gasteiger partial charge in [0.25, 0.3) is 11.8 Å². The van der Waals surface area contributed by atoms with E-state index in [0.717, 1.165) is 28.9 Å². The van der Waals surface area contributed by atoms with E-state index in [2.05, 4.69) is 28.2 Å². The number of nitrogens with zero attached hydrogens (tertiary/aromatic N) is 4. The molecule has 1 N–H and O–H groups in total. The molecule has 0 spiro atoms. The van der Waals surface area contributed by atoms with Crippen molar-refractivity contribution in [3.05, 3.63) is 82.5 Å². The topological polar surface area (TPSA) is 95.1 Å². The maximum atomic E-state index is 13.7. The molecular formula is C31H35N5O4. The molecule has 40 heavy (non-hydrogen) atoms. The van der Waals surface area contributed by atoms with Crippen molar-refractivity contribution in [1.82, 2.24) is 15.2 Å². The van der Waals surface area contributed by atoms with E-state index in [0.29, 0.717) is 56.1 Å². The molecule has 2 saturated heterocycles. The first-order chi connectivity index (χ1) is 19.3. The Morgan fingerprint density at radius 2 is 1.77 bits per heavy atom. The van der Waals surface area contributed by atoms with Gasteiger partial charge in [0.1, 0.15) is 11.6 Å². The third-order valence-corrected chi connectivity index (χ3v) is 7.50. The third kappa shape index (κ3) is 5.78. The number of hydrogen-bond acceptors (Lipinski definition) is 6. The lowest BCUT2D eigenvalue weighted by atomic mass is 10.0. The van der Waals surface area contributed by atoms with E-state index >= 15 is 0 Å². The largest absolute Gasteiger partial charge is 0.497 e. The highest BCUT2D eigenvalue weighted by Gasteiger charge is 2.29. The van der Waals surface area contributed by atoms with Crippen LogP contribution in [0.4, 0.5) is 11.5 Å². The first-order valence-electron chi connectivity index (χ1n) is 13.7. The number of amides is 3. The molecule has 3 heterocycles. The van der Waals surface area contributed by atoms with E-state index in [1.54, 1.807) is 35.1 Å². The summed E-state index contributed by atoms with van der Waals surface area (Å²) >= 11 is 0. The lowest BCUT2D eigenvalue weighted by molar-refractivity contribution is -0.117. The Morgan fingerprint density at radius 1 is 0.975 bits per heavy atom. The number of rotatable bonds is 7. The molecule has 0 atom stereocenters. The van der Waals surface area contributed by atoms with Crippen molar-refractivity contribution in [1.29, 1.82) is 0 Å². The van der Waals surface area contributed by atoms with E-state index in [1.165, 1.54) is 0 Å². The van der Waals surface area contributed by atoms with Gasteiger partial charge in [-0.2, -0.15) is 0 Å². The fraction of sp³-hybridized carbons (Fsp3) is 0.355. The SMILES string of the molecule is COc1cccc(CNC(=O)c2cc(N3CCCC3=O)ccc2C(=O)N2CCN(c3ncc(C)cc3C)CC2)c1. The van der Waals surface area contributed by atoms with Gasteiger partial charge in [-0.15, -0.1) is 0 Å². The van der Waals surface area contributed by atoms with Crippen LogP contribution >= 0.6 is 0 Å². The van der Waals surface area contributed by atoms with Gasteiger partial charge in [-0.25, -0.2) is 4.98 Å². The highest BCUT2D eigenvalue weighted by molar-refractivity contribution is 6.08. The second-order valence-electron chi connectivity index (χ2n) is 10.3. The summed E-state index contributed by atoms with van der Waals surface area (Å²) in [5.74, 6) is 1.11. The maximum absolute atomic E-state index is 13.7. The van der Waals surface area contributed by atoms with Crippen molar-refractivity contribution in [2.24, 2.45) is 0 Å². The van der Waals surface area contributed by atoms with E-state index in [1.807, 2.05) is 37.4 Å². The van der Waals surface area contributed by atoms with E-state index < -0.39 is 0 Å². The smallest absolute Gasteiger partial charge is 0.254 e. The normalized spacial score (nSPS) is 15.4. The Labute approximate surface area is 234 Å². The Morgan fingerprint density at radius 3 is 2.48 bits per heavy atom. The summed E-state index contributed by atoms with van der Waals surface area (Å²) in [6.45, 7) is 7.30. The summed E-state index contributed by atoms with van der Waals surface area (Å²) in [5.41, 5.74) is 4.34. The molecule has 1 aromatic heterocycles. The van der Waals surface area contributed by atoms with Crippen molar-refractivity contribution in [2.45, 2.75) is 33.2 Å². The number of benzene rings is 2. The number of carbonyl (C=O) groups excluding carboxylic acids is 3. The van der Waals surface area contributed by atoms with Crippen LogP contribution in [-0.2, 0) is 11.3 Å². The van der Waals surface area contributed by atoms with Gasteiger partial charge in [0.05, 0.1) is 18.2 Å². The quantitative estimate of drug-likeness (QED) is 0.490. The number of hydrogen-bond donors (Lipinski definition) is 1. The Hall–Kier alpha value is -4.40. The minimum absolute atomic E-state index is 0.0259. The highest BCUT2D eigenvalue weighted by Crippen LogP contribution is 2.26. The van der Waals surface area contributed by atoms with Crippen LogP contribution < -0.4 is 19.9 Å². The van der Waals surface area contributed by atoms with Crippen LogP contribution in [0.1, 0.15) is 50.2 Å². The molecule has 3 aromatic rings. The van der Waals surface area contributed by atoms with Gasteiger partial charge < -0.3 is 24.8 Å². The monoisotopic (exact) mass is 541 g/mol. The van der Waals surface area contributed by atoms with Gasteiger partial charge >= 0.3 is 0 Å². The zero-order chi connectivity index (χ0) is 28.2. The number of methoxy groups -OCH3 is 1. The number of carbonyl (C=O) groups is 3. The predicted octanol–water partition coefficient (Wildman–Crippen LogP) is 3.73.